The van der Waals surface area contributed by atoms with E-state index in [2.05, 4.69) is 38.8 Å². The Morgan fingerprint density at radius 3 is 2.96 bits per heavy atom. The first-order valence-corrected chi connectivity index (χ1v) is 8.80. The van der Waals surface area contributed by atoms with Gasteiger partial charge in [0.2, 0.25) is 5.89 Å². The molecule has 0 amide bonds. The number of rotatable bonds is 7. The molecule has 2 aromatic rings. The first kappa shape index (κ1) is 17.3. The Hall–Kier alpha value is -2.57. The number of nitrogens with zero attached hydrogens (tertiary/aromatic N) is 3. The van der Waals surface area contributed by atoms with Crippen molar-refractivity contribution in [2.75, 3.05) is 19.6 Å². The standard InChI is InChI=1S/C18H25N5O2/c1-3-19-18(20-10-6-9-17-22-13(2)23-25-17)21-12-15-11-14-7-4-5-8-16(14)24-15/h4-5,7-8,15H,3,6,9-12H2,1-2H3,(H2,19,20,21). The van der Waals surface area contributed by atoms with Crippen LogP contribution in [0, 0.1) is 6.92 Å². The van der Waals surface area contributed by atoms with Gasteiger partial charge in [-0.15, -0.1) is 0 Å². The maximum Gasteiger partial charge on any atom is 0.226 e. The maximum atomic E-state index is 5.93. The largest absolute Gasteiger partial charge is 0.488 e. The normalized spacial score (nSPS) is 16.4. The second-order valence-electron chi connectivity index (χ2n) is 6.04. The number of aromatic nitrogens is 2. The molecular weight excluding hydrogens is 318 g/mol. The zero-order chi connectivity index (χ0) is 17.5. The lowest BCUT2D eigenvalue weighted by Gasteiger charge is -2.13. The summed E-state index contributed by atoms with van der Waals surface area (Å²) in [7, 11) is 0. The third kappa shape index (κ3) is 4.95. The Kier molecular flexibility index (Phi) is 5.87. The summed E-state index contributed by atoms with van der Waals surface area (Å²) in [6.07, 6.45) is 2.68. The van der Waals surface area contributed by atoms with Crippen LogP contribution in [0.5, 0.6) is 5.75 Å². The van der Waals surface area contributed by atoms with E-state index < -0.39 is 0 Å². The molecule has 0 radical (unpaired) electrons. The summed E-state index contributed by atoms with van der Waals surface area (Å²) in [4.78, 5) is 8.85. The number of benzene rings is 1. The molecule has 1 atom stereocenters. The van der Waals surface area contributed by atoms with Crippen LogP contribution in [-0.2, 0) is 12.8 Å². The van der Waals surface area contributed by atoms with Gasteiger partial charge in [0.05, 0.1) is 6.54 Å². The summed E-state index contributed by atoms with van der Waals surface area (Å²) in [6.45, 7) is 6.12. The number of hydrogen-bond acceptors (Lipinski definition) is 5. The minimum Gasteiger partial charge on any atom is -0.488 e. The van der Waals surface area contributed by atoms with E-state index in [1.165, 1.54) is 5.56 Å². The molecule has 1 aromatic heterocycles. The number of guanidine groups is 1. The van der Waals surface area contributed by atoms with Gasteiger partial charge in [-0.05, 0) is 31.9 Å². The highest BCUT2D eigenvalue weighted by molar-refractivity contribution is 5.79. The van der Waals surface area contributed by atoms with E-state index in [1.807, 2.05) is 25.1 Å². The first-order chi connectivity index (χ1) is 12.2. The van der Waals surface area contributed by atoms with Gasteiger partial charge < -0.3 is 19.9 Å². The highest BCUT2D eigenvalue weighted by atomic mass is 16.5. The van der Waals surface area contributed by atoms with Crippen molar-refractivity contribution in [2.24, 2.45) is 4.99 Å². The summed E-state index contributed by atoms with van der Waals surface area (Å²) in [5.74, 6) is 3.15. The first-order valence-electron chi connectivity index (χ1n) is 8.80. The second-order valence-corrected chi connectivity index (χ2v) is 6.04. The summed E-state index contributed by atoms with van der Waals surface area (Å²) < 4.78 is 11.0. The van der Waals surface area contributed by atoms with Crippen molar-refractivity contribution in [3.8, 4) is 5.75 Å². The number of nitrogens with one attached hydrogen (secondary N) is 2. The Morgan fingerprint density at radius 2 is 2.20 bits per heavy atom. The fourth-order valence-electron chi connectivity index (χ4n) is 2.78. The summed E-state index contributed by atoms with van der Waals surface area (Å²) in [5, 5.41) is 10.4. The predicted molar refractivity (Wildman–Crippen MR) is 95.9 cm³/mol. The Labute approximate surface area is 147 Å². The average Bonchev–Trinajstić information content (AvgIpc) is 3.21. The molecule has 0 spiro atoms. The van der Waals surface area contributed by atoms with E-state index in [9.17, 15) is 0 Å². The van der Waals surface area contributed by atoms with E-state index in [0.29, 0.717) is 18.3 Å². The molecule has 1 aliphatic heterocycles. The smallest absolute Gasteiger partial charge is 0.226 e. The third-order valence-corrected chi connectivity index (χ3v) is 3.94. The molecule has 1 aliphatic rings. The van der Waals surface area contributed by atoms with Crippen molar-refractivity contribution < 1.29 is 9.26 Å². The molecule has 0 bridgehead atoms. The summed E-state index contributed by atoms with van der Waals surface area (Å²) >= 11 is 0. The van der Waals surface area contributed by atoms with Gasteiger partial charge in [0.25, 0.3) is 0 Å². The van der Waals surface area contributed by atoms with Crippen LogP contribution in [0.3, 0.4) is 0 Å². The molecule has 25 heavy (non-hydrogen) atoms. The molecule has 0 saturated carbocycles. The molecule has 1 unspecified atom stereocenters. The van der Waals surface area contributed by atoms with E-state index in [-0.39, 0.29) is 6.10 Å². The molecular formula is C18H25N5O2. The number of para-hydroxylation sites is 1. The van der Waals surface area contributed by atoms with E-state index >= 15 is 0 Å². The second kappa shape index (κ2) is 8.50. The quantitative estimate of drug-likeness (QED) is 0.454. The van der Waals surface area contributed by atoms with Crippen molar-refractivity contribution in [1.29, 1.82) is 0 Å². The lowest BCUT2D eigenvalue weighted by atomic mass is 10.1. The molecule has 0 saturated heterocycles. The van der Waals surface area contributed by atoms with Crippen molar-refractivity contribution in [1.82, 2.24) is 20.8 Å². The van der Waals surface area contributed by atoms with Gasteiger partial charge in [0.15, 0.2) is 11.8 Å². The SMILES string of the molecule is CCNC(=NCC1Cc2ccccc2O1)NCCCc1nc(C)no1. The Balaban J connectivity index is 1.43. The number of hydrogen-bond donors (Lipinski definition) is 2. The molecule has 7 heteroatoms. The monoisotopic (exact) mass is 343 g/mol. The molecule has 134 valence electrons. The molecule has 2 N–H and O–H groups in total. The van der Waals surface area contributed by atoms with Crippen LogP contribution in [0.2, 0.25) is 0 Å². The van der Waals surface area contributed by atoms with E-state index in [0.717, 1.165) is 44.1 Å². The van der Waals surface area contributed by atoms with Crippen LogP contribution in [0.4, 0.5) is 0 Å². The molecule has 7 nitrogen and oxygen atoms in total. The number of aliphatic imine (C=N–C) groups is 1. The van der Waals surface area contributed by atoms with Crippen molar-refractivity contribution in [3.05, 3.63) is 41.5 Å². The van der Waals surface area contributed by atoms with Crippen LogP contribution in [0.25, 0.3) is 0 Å². The minimum atomic E-state index is 0.106. The van der Waals surface area contributed by atoms with Gasteiger partial charge in [-0.2, -0.15) is 4.98 Å². The van der Waals surface area contributed by atoms with Crippen molar-refractivity contribution in [3.63, 3.8) is 0 Å². The van der Waals surface area contributed by atoms with E-state index in [1.54, 1.807) is 0 Å². The minimum absolute atomic E-state index is 0.106. The Morgan fingerprint density at radius 1 is 1.32 bits per heavy atom. The van der Waals surface area contributed by atoms with Gasteiger partial charge in [-0.3, -0.25) is 0 Å². The predicted octanol–water partition coefficient (Wildman–Crippen LogP) is 1.87. The van der Waals surface area contributed by atoms with Gasteiger partial charge >= 0.3 is 0 Å². The van der Waals surface area contributed by atoms with Gasteiger partial charge in [-0.1, -0.05) is 23.4 Å². The fourth-order valence-corrected chi connectivity index (χ4v) is 2.78. The van der Waals surface area contributed by atoms with Gasteiger partial charge in [0.1, 0.15) is 11.9 Å². The van der Waals surface area contributed by atoms with Crippen LogP contribution in [0.15, 0.2) is 33.8 Å². The average molecular weight is 343 g/mol. The number of fused-ring (bicyclic) bond motifs is 1. The third-order valence-electron chi connectivity index (χ3n) is 3.94. The highest BCUT2D eigenvalue weighted by Gasteiger charge is 2.21. The van der Waals surface area contributed by atoms with Crippen molar-refractivity contribution >= 4 is 5.96 Å². The molecule has 2 heterocycles. The highest BCUT2D eigenvalue weighted by Crippen LogP contribution is 2.28. The van der Waals surface area contributed by atoms with Crippen LogP contribution in [-0.4, -0.2) is 41.8 Å². The van der Waals surface area contributed by atoms with Gasteiger partial charge in [-0.25, -0.2) is 4.99 Å². The topological polar surface area (TPSA) is 84.6 Å². The Bertz CT molecular complexity index is 688. The van der Waals surface area contributed by atoms with Crippen LogP contribution in [0.1, 0.15) is 30.6 Å². The summed E-state index contributed by atoms with van der Waals surface area (Å²) in [5.41, 5.74) is 1.26. The zero-order valence-corrected chi connectivity index (χ0v) is 14.8. The molecule has 0 aliphatic carbocycles. The molecule has 0 fully saturated rings. The molecule has 3 rings (SSSR count). The summed E-state index contributed by atoms with van der Waals surface area (Å²) in [6, 6.07) is 8.18. The van der Waals surface area contributed by atoms with Crippen LogP contribution >= 0.6 is 0 Å². The van der Waals surface area contributed by atoms with Crippen molar-refractivity contribution in [2.45, 2.75) is 39.2 Å². The van der Waals surface area contributed by atoms with Crippen LogP contribution < -0.4 is 15.4 Å². The fraction of sp³-hybridized carbons (Fsp3) is 0.500. The lowest BCUT2D eigenvalue weighted by molar-refractivity contribution is 0.241. The number of ether oxygens (including phenoxy) is 1. The lowest BCUT2D eigenvalue weighted by Crippen LogP contribution is -2.38. The van der Waals surface area contributed by atoms with E-state index in [4.69, 9.17) is 9.26 Å². The molecule has 1 aromatic carbocycles. The number of aryl methyl sites for hydroxylation is 2. The van der Waals surface area contributed by atoms with Gasteiger partial charge in [0, 0.05) is 25.9 Å². The maximum absolute atomic E-state index is 5.93. The zero-order valence-electron chi connectivity index (χ0n) is 14.8.